The molecule has 1 atom stereocenters. The van der Waals surface area contributed by atoms with E-state index in [1.54, 1.807) is 23.5 Å². The Hall–Kier alpha value is -0.610. The maximum absolute atomic E-state index is 6.21. The van der Waals surface area contributed by atoms with E-state index in [-0.39, 0.29) is 6.04 Å². The lowest BCUT2D eigenvalue weighted by atomic mass is 9.99. The van der Waals surface area contributed by atoms with Crippen molar-refractivity contribution >= 4 is 34.5 Å². The zero-order chi connectivity index (χ0) is 12.7. The van der Waals surface area contributed by atoms with Crippen LogP contribution in [0.25, 0.3) is 10.6 Å². The first-order valence-electron chi connectivity index (χ1n) is 5.86. The summed E-state index contributed by atoms with van der Waals surface area (Å²) in [6, 6.07) is 5.57. The molecule has 1 aromatic heterocycles. The van der Waals surface area contributed by atoms with Crippen LogP contribution in [-0.4, -0.2) is 4.98 Å². The Morgan fingerprint density at radius 1 is 1.33 bits per heavy atom. The van der Waals surface area contributed by atoms with Crippen LogP contribution in [0.1, 0.15) is 29.5 Å². The minimum atomic E-state index is 0.123. The lowest BCUT2D eigenvalue weighted by Crippen LogP contribution is -2.15. The molecule has 2 aromatic rings. The smallest absolute Gasteiger partial charge is 0.125 e. The number of thiazole rings is 1. The van der Waals surface area contributed by atoms with Gasteiger partial charge in [0.1, 0.15) is 5.01 Å². The lowest BCUT2D eigenvalue weighted by Gasteiger charge is -2.15. The molecule has 2 N–H and O–H groups in total. The molecule has 1 aliphatic carbocycles. The number of aryl methyl sites for hydroxylation is 1. The first-order chi connectivity index (χ1) is 8.65. The number of benzene rings is 1. The first-order valence-corrected chi connectivity index (χ1v) is 7.43. The van der Waals surface area contributed by atoms with E-state index in [0.717, 1.165) is 35.5 Å². The third kappa shape index (κ3) is 2.16. The first kappa shape index (κ1) is 12.4. The van der Waals surface area contributed by atoms with Gasteiger partial charge >= 0.3 is 0 Å². The van der Waals surface area contributed by atoms with Crippen molar-refractivity contribution in [3.05, 3.63) is 38.8 Å². The van der Waals surface area contributed by atoms with Gasteiger partial charge in [-0.2, -0.15) is 0 Å². The van der Waals surface area contributed by atoms with Gasteiger partial charge in [0.05, 0.1) is 10.7 Å². The topological polar surface area (TPSA) is 38.9 Å². The van der Waals surface area contributed by atoms with Crippen molar-refractivity contribution in [1.29, 1.82) is 0 Å². The van der Waals surface area contributed by atoms with Crippen molar-refractivity contribution in [3.8, 4) is 10.6 Å². The highest BCUT2D eigenvalue weighted by molar-refractivity contribution is 7.15. The van der Waals surface area contributed by atoms with Crippen LogP contribution in [0.5, 0.6) is 0 Å². The van der Waals surface area contributed by atoms with Gasteiger partial charge in [0.2, 0.25) is 0 Å². The van der Waals surface area contributed by atoms with Crippen molar-refractivity contribution in [3.63, 3.8) is 0 Å². The number of hydrogen-bond donors (Lipinski definition) is 1. The van der Waals surface area contributed by atoms with Crippen LogP contribution in [0.15, 0.2) is 18.2 Å². The molecule has 0 radical (unpaired) electrons. The van der Waals surface area contributed by atoms with Gasteiger partial charge in [-0.05, 0) is 37.5 Å². The van der Waals surface area contributed by atoms with Gasteiger partial charge in [-0.3, -0.25) is 0 Å². The fraction of sp³-hybridized carbons (Fsp3) is 0.308. The largest absolute Gasteiger partial charge is 0.323 e. The summed E-state index contributed by atoms with van der Waals surface area (Å²) in [6.45, 7) is 0. The lowest BCUT2D eigenvalue weighted by molar-refractivity contribution is 0.573. The summed E-state index contributed by atoms with van der Waals surface area (Å²) < 4.78 is 0. The third-order valence-corrected chi connectivity index (χ3v) is 4.98. The van der Waals surface area contributed by atoms with Crippen LogP contribution in [0.3, 0.4) is 0 Å². The SMILES string of the molecule is NC1CCCc2nc(-c3cc(Cl)ccc3Cl)sc21. The Bertz CT molecular complexity index is 595. The maximum atomic E-state index is 6.21. The van der Waals surface area contributed by atoms with Crippen LogP contribution >= 0.6 is 34.5 Å². The molecule has 94 valence electrons. The molecule has 3 rings (SSSR count). The van der Waals surface area contributed by atoms with Crippen LogP contribution in [-0.2, 0) is 6.42 Å². The predicted octanol–water partition coefficient (Wildman–Crippen LogP) is 4.45. The second-order valence-electron chi connectivity index (χ2n) is 4.45. The summed E-state index contributed by atoms with van der Waals surface area (Å²) >= 11 is 13.9. The van der Waals surface area contributed by atoms with Gasteiger partial charge in [0.25, 0.3) is 0 Å². The molecular weight excluding hydrogens is 287 g/mol. The molecule has 0 bridgehead atoms. The number of fused-ring (bicyclic) bond motifs is 1. The summed E-state index contributed by atoms with van der Waals surface area (Å²) in [5.74, 6) is 0. The fourth-order valence-corrected chi connectivity index (χ4v) is 3.84. The zero-order valence-electron chi connectivity index (χ0n) is 9.62. The van der Waals surface area contributed by atoms with Crippen LogP contribution in [0.4, 0.5) is 0 Å². The van der Waals surface area contributed by atoms with Crippen molar-refractivity contribution in [1.82, 2.24) is 4.98 Å². The molecule has 18 heavy (non-hydrogen) atoms. The van der Waals surface area contributed by atoms with Crippen molar-refractivity contribution < 1.29 is 0 Å². The Kier molecular flexibility index (Phi) is 3.32. The van der Waals surface area contributed by atoms with Gasteiger partial charge < -0.3 is 5.73 Å². The summed E-state index contributed by atoms with van der Waals surface area (Å²) in [4.78, 5) is 5.87. The van der Waals surface area contributed by atoms with Gasteiger partial charge in [0.15, 0.2) is 0 Å². The highest BCUT2D eigenvalue weighted by Gasteiger charge is 2.22. The average molecular weight is 299 g/mol. The second-order valence-corrected chi connectivity index (χ2v) is 6.33. The Labute approximate surface area is 120 Å². The minimum absolute atomic E-state index is 0.123. The van der Waals surface area contributed by atoms with Crippen LogP contribution in [0.2, 0.25) is 10.0 Å². The van der Waals surface area contributed by atoms with Crippen LogP contribution in [0, 0.1) is 0 Å². The summed E-state index contributed by atoms with van der Waals surface area (Å²) in [5.41, 5.74) is 8.15. The molecule has 1 aromatic carbocycles. The summed E-state index contributed by atoms with van der Waals surface area (Å²) in [6.07, 6.45) is 3.16. The average Bonchev–Trinajstić information content (AvgIpc) is 2.77. The van der Waals surface area contributed by atoms with E-state index in [0.29, 0.717) is 10.0 Å². The molecule has 0 saturated heterocycles. The highest BCUT2D eigenvalue weighted by Crippen LogP contribution is 2.39. The van der Waals surface area contributed by atoms with E-state index in [1.165, 1.54) is 4.88 Å². The molecule has 1 heterocycles. The molecule has 2 nitrogen and oxygen atoms in total. The number of rotatable bonds is 1. The van der Waals surface area contributed by atoms with E-state index in [4.69, 9.17) is 28.9 Å². The summed E-state index contributed by atoms with van der Waals surface area (Å²) in [7, 11) is 0. The molecule has 0 saturated carbocycles. The van der Waals surface area contributed by atoms with Crippen LogP contribution < -0.4 is 5.73 Å². The van der Waals surface area contributed by atoms with E-state index in [2.05, 4.69) is 4.98 Å². The normalized spacial score (nSPS) is 18.7. The van der Waals surface area contributed by atoms with Gasteiger partial charge in [-0.25, -0.2) is 4.98 Å². The molecule has 5 heteroatoms. The molecule has 0 amide bonds. The molecule has 1 unspecified atom stereocenters. The number of hydrogen-bond acceptors (Lipinski definition) is 3. The number of halogens is 2. The van der Waals surface area contributed by atoms with E-state index in [1.807, 2.05) is 6.07 Å². The van der Waals surface area contributed by atoms with E-state index < -0.39 is 0 Å². The Morgan fingerprint density at radius 3 is 2.94 bits per heavy atom. The van der Waals surface area contributed by atoms with Gasteiger partial charge in [-0.15, -0.1) is 11.3 Å². The van der Waals surface area contributed by atoms with Crippen molar-refractivity contribution in [2.45, 2.75) is 25.3 Å². The van der Waals surface area contributed by atoms with Gasteiger partial charge in [-0.1, -0.05) is 23.2 Å². The third-order valence-electron chi connectivity index (χ3n) is 3.15. The van der Waals surface area contributed by atoms with E-state index >= 15 is 0 Å². The monoisotopic (exact) mass is 298 g/mol. The van der Waals surface area contributed by atoms with Gasteiger partial charge in [0, 0.05) is 21.5 Å². The fourth-order valence-electron chi connectivity index (χ4n) is 2.23. The number of nitrogens with two attached hydrogens (primary N) is 1. The molecule has 1 aliphatic rings. The predicted molar refractivity (Wildman–Crippen MR) is 77.4 cm³/mol. The zero-order valence-corrected chi connectivity index (χ0v) is 11.9. The quantitative estimate of drug-likeness (QED) is 0.844. The molecular formula is C13H12Cl2N2S. The summed E-state index contributed by atoms with van der Waals surface area (Å²) in [5, 5.41) is 2.27. The minimum Gasteiger partial charge on any atom is -0.323 e. The standard InChI is InChI=1S/C13H12Cl2N2S/c14-7-4-5-9(15)8(6-7)13-17-11-3-1-2-10(16)12(11)18-13/h4-6,10H,1-3,16H2. The molecule has 0 aliphatic heterocycles. The second kappa shape index (κ2) is 4.82. The highest BCUT2D eigenvalue weighted by atomic mass is 35.5. The Balaban J connectivity index is 2.10. The maximum Gasteiger partial charge on any atom is 0.125 e. The Morgan fingerprint density at radius 2 is 2.17 bits per heavy atom. The van der Waals surface area contributed by atoms with Crippen molar-refractivity contribution in [2.24, 2.45) is 5.73 Å². The number of aromatic nitrogens is 1. The molecule has 0 fully saturated rings. The number of nitrogens with zero attached hydrogens (tertiary/aromatic N) is 1. The van der Waals surface area contributed by atoms with Crippen molar-refractivity contribution in [2.75, 3.05) is 0 Å². The molecule has 0 spiro atoms. The van der Waals surface area contributed by atoms with E-state index in [9.17, 15) is 0 Å².